The molecule has 3 rings (SSSR count). The Balaban J connectivity index is 1.86. The number of nitrogens with one attached hydrogen (secondary N) is 1. The smallest absolute Gasteiger partial charge is 0.339 e. The van der Waals surface area contributed by atoms with Gasteiger partial charge in [-0.2, -0.15) is 0 Å². The molecular formula is C14H11N3O4S. The molecule has 0 bridgehead atoms. The minimum Gasteiger partial charge on any atom is -0.496 e. The SMILES string of the molecule is COc1ccc(NC(=O)c2cn3ccsc3n2)cc1C(=O)O. The van der Waals surface area contributed by atoms with Crippen LogP contribution in [0.15, 0.2) is 36.0 Å². The van der Waals surface area contributed by atoms with Crippen LogP contribution in [0.25, 0.3) is 4.96 Å². The monoisotopic (exact) mass is 317 g/mol. The Morgan fingerprint density at radius 1 is 1.41 bits per heavy atom. The van der Waals surface area contributed by atoms with E-state index in [9.17, 15) is 9.59 Å². The Morgan fingerprint density at radius 3 is 2.91 bits per heavy atom. The lowest BCUT2D eigenvalue weighted by molar-refractivity contribution is 0.0693. The van der Waals surface area contributed by atoms with Gasteiger partial charge in [-0.05, 0) is 18.2 Å². The van der Waals surface area contributed by atoms with Crippen molar-refractivity contribution < 1.29 is 19.4 Å². The molecule has 0 aliphatic carbocycles. The van der Waals surface area contributed by atoms with Gasteiger partial charge in [0.05, 0.1) is 7.11 Å². The van der Waals surface area contributed by atoms with Gasteiger partial charge in [0, 0.05) is 23.5 Å². The van der Waals surface area contributed by atoms with E-state index < -0.39 is 11.9 Å². The number of carboxylic acid groups (broad SMARTS) is 1. The number of thiazole rings is 1. The minimum atomic E-state index is -1.13. The van der Waals surface area contributed by atoms with Gasteiger partial charge in [0.2, 0.25) is 0 Å². The molecule has 1 aromatic carbocycles. The first-order chi connectivity index (χ1) is 10.6. The number of methoxy groups -OCH3 is 1. The average Bonchev–Trinajstić information content (AvgIpc) is 3.08. The predicted molar refractivity (Wildman–Crippen MR) is 81.0 cm³/mol. The van der Waals surface area contributed by atoms with Crippen LogP contribution >= 0.6 is 11.3 Å². The summed E-state index contributed by atoms with van der Waals surface area (Å²) in [5.74, 6) is -1.30. The molecule has 8 heteroatoms. The normalized spacial score (nSPS) is 10.6. The van der Waals surface area contributed by atoms with Crippen molar-refractivity contribution in [3.05, 3.63) is 47.2 Å². The molecule has 22 heavy (non-hydrogen) atoms. The number of benzene rings is 1. The highest BCUT2D eigenvalue weighted by molar-refractivity contribution is 7.15. The Kier molecular flexibility index (Phi) is 3.51. The Hall–Kier alpha value is -2.87. The highest BCUT2D eigenvalue weighted by Crippen LogP contribution is 2.23. The summed E-state index contributed by atoms with van der Waals surface area (Å²) in [7, 11) is 1.39. The highest BCUT2D eigenvalue weighted by atomic mass is 32.1. The molecule has 0 spiro atoms. The number of ether oxygens (including phenoxy) is 1. The standard InChI is InChI=1S/C14H11N3O4S/c1-21-11-3-2-8(6-9(11)13(19)20)15-12(18)10-7-17-4-5-22-14(17)16-10/h2-7H,1H3,(H,15,18)(H,19,20). The van der Waals surface area contributed by atoms with Gasteiger partial charge in [-0.3, -0.25) is 9.20 Å². The first-order valence-corrected chi connectivity index (χ1v) is 7.11. The number of aromatic nitrogens is 2. The number of amides is 1. The molecule has 2 aromatic heterocycles. The lowest BCUT2D eigenvalue weighted by Gasteiger charge is -2.08. The van der Waals surface area contributed by atoms with Crippen LogP contribution in [0.1, 0.15) is 20.8 Å². The fourth-order valence-corrected chi connectivity index (χ4v) is 2.68. The third-order valence-corrected chi connectivity index (χ3v) is 3.78. The number of carboxylic acids is 1. The molecule has 1 amide bonds. The van der Waals surface area contributed by atoms with E-state index in [2.05, 4.69) is 10.3 Å². The van der Waals surface area contributed by atoms with Crippen molar-refractivity contribution in [1.82, 2.24) is 9.38 Å². The van der Waals surface area contributed by atoms with E-state index in [0.717, 1.165) is 0 Å². The van der Waals surface area contributed by atoms with Crippen LogP contribution in [0.5, 0.6) is 5.75 Å². The molecule has 0 unspecified atom stereocenters. The molecule has 112 valence electrons. The zero-order chi connectivity index (χ0) is 15.7. The van der Waals surface area contributed by atoms with Crippen molar-refractivity contribution in [2.75, 3.05) is 12.4 Å². The fourth-order valence-electron chi connectivity index (χ4n) is 1.98. The molecule has 0 saturated heterocycles. The maximum absolute atomic E-state index is 12.2. The summed E-state index contributed by atoms with van der Waals surface area (Å²) in [6, 6.07) is 4.41. The number of hydrogen-bond donors (Lipinski definition) is 2. The van der Waals surface area contributed by atoms with Crippen LogP contribution in [0.2, 0.25) is 0 Å². The molecule has 0 saturated carbocycles. The minimum absolute atomic E-state index is 0.0221. The summed E-state index contributed by atoms with van der Waals surface area (Å²) in [5, 5.41) is 13.6. The van der Waals surface area contributed by atoms with Gasteiger partial charge in [0.15, 0.2) is 4.96 Å². The van der Waals surface area contributed by atoms with Crippen LogP contribution in [0.4, 0.5) is 5.69 Å². The number of carbonyl (C=O) groups excluding carboxylic acids is 1. The van der Waals surface area contributed by atoms with E-state index in [1.54, 1.807) is 22.9 Å². The Labute approximate surface area is 128 Å². The zero-order valence-corrected chi connectivity index (χ0v) is 12.3. The molecule has 0 radical (unpaired) electrons. The summed E-state index contributed by atoms with van der Waals surface area (Å²) in [6.07, 6.45) is 3.42. The van der Waals surface area contributed by atoms with Crippen molar-refractivity contribution in [2.24, 2.45) is 0 Å². The van der Waals surface area contributed by atoms with Crippen molar-refractivity contribution in [3.63, 3.8) is 0 Å². The van der Waals surface area contributed by atoms with E-state index in [1.807, 2.05) is 5.38 Å². The quantitative estimate of drug-likeness (QED) is 0.770. The van der Waals surface area contributed by atoms with E-state index in [4.69, 9.17) is 9.84 Å². The molecular weight excluding hydrogens is 306 g/mol. The first kappa shape index (κ1) is 14.1. The van der Waals surface area contributed by atoms with Crippen LogP contribution in [-0.2, 0) is 0 Å². The van der Waals surface area contributed by atoms with Gasteiger partial charge < -0.3 is 15.2 Å². The Morgan fingerprint density at radius 2 is 2.23 bits per heavy atom. The van der Waals surface area contributed by atoms with E-state index in [0.29, 0.717) is 10.6 Å². The highest BCUT2D eigenvalue weighted by Gasteiger charge is 2.15. The molecule has 0 aliphatic heterocycles. The second-order valence-electron chi connectivity index (χ2n) is 4.39. The fraction of sp³-hybridized carbons (Fsp3) is 0.0714. The van der Waals surface area contributed by atoms with Gasteiger partial charge in [-0.25, -0.2) is 9.78 Å². The van der Waals surface area contributed by atoms with Gasteiger partial charge in [0.1, 0.15) is 17.0 Å². The van der Waals surface area contributed by atoms with Gasteiger partial charge in [0.25, 0.3) is 5.91 Å². The maximum Gasteiger partial charge on any atom is 0.339 e. The average molecular weight is 317 g/mol. The zero-order valence-electron chi connectivity index (χ0n) is 11.4. The molecule has 0 atom stereocenters. The largest absolute Gasteiger partial charge is 0.496 e. The molecule has 0 fully saturated rings. The number of aromatic carboxylic acids is 1. The van der Waals surface area contributed by atoms with Gasteiger partial charge in [-0.1, -0.05) is 0 Å². The summed E-state index contributed by atoms with van der Waals surface area (Å²) >= 11 is 1.42. The summed E-state index contributed by atoms with van der Waals surface area (Å²) in [4.78, 5) is 28.2. The number of nitrogens with zero attached hydrogens (tertiary/aromatic N) is 2. The number of hydrogen-bond acceptors (Lipinski definition) is 5. The lowest BCUT2D eigenvalue weighted by Crippen LogP contribution is -2.13. The number of imidazole rings is 1. The number of carbonyl (C=O) groups is 2. The van der Waals surface area contributed by atoms with Crippen molar-refractivity contribution >= 4 is 33.9 Å². The summed E-state index contributed by atoms with van der Waals surface area (Å²) in [6.45, 7) is 0. The maximum atomic E-state index is 12.2. The predicted octanol–water partition coefficient (Wildman–Crippen LogP) is 2.35. The van der Waals surface area contributed by atoms with Crippen LogP contribution < -0.4 is 10.1 Å². The lowest BCUT2D eigenvalue weighted by atomic mass is 10.1. The topological polar surface area (TPSA) is 92.9 Å². The summed E-state index contributed by atoms with van der Waals surface area (Å²) < 4.78 is 6.72. The number of fused-ring (bicyclic) bond motifs is 1. The van der Waals surface area contributed by atoms with E-state index in [-0.39, 0.29) is 17.0 Å². The van der Waals surface area contributed by atoms with E-state index >= 15 is 0 Å². The summed E-state index contributed by atoms with van der Waals surface area (Å²) in [5.41, 5.74) is 0.602. The molecule has 7 nitrogen and oxygen atoms in total. The van der Waals surface area contributed by atoms with Gasteiger partial charge >= 0.3 is 5.97 Å². The van der Waals surface area contributed by atoms with Crippen molar-refractivity contribution in [2.45, 2.75) is 0 Å². The molecule has 2 N–H and O–H groups in total. The van der Waals surface area contributed by atoms with Crippen LogP contribution in [0.3, 0.4) is 0 Å². The van der Waals surface area contributed by atoms with Crippen LogP contribution in [0, 0.1) is 0 Å². The van der Waals surface area contributed by atoms with E-state index in [1.165, 1.54) is 30.6 Å². The van der Waals surface area contributed by atoms with Crippen molar-refractivity contribution in [1.29, 1.82) is 0 Å². The second kappa shape index (κ2) is 5.49. The third-order valence-electron chi connectivity index (χ3n) is 3.01. The Bertz CT molecular complexity index is 839. The molecule has 3 aromatic rings. The molecule has 2 heterocycles. The van der Waals surface area contributed by atoms with Crippen molar-refractivity contribution in [3.8, 4) is 5.75 Å². The van der Waals surface area contributed by atoms with Crippen LogP contribution in [-0.4, -0.2) is 33.5 Å². The number of anilines is 1. The molecule has 0 aliphatic rings. The third kappa shape index (κ3) is 2.51. The second-order valence-corrected chi connectivity index (χ2v) is 5.27. The van der Waals surface area contributed by atoms with Gasteiger partial charge in [-0.15, -0.1) is 11.3 Å². The number of rotatable bonds is 4. The first-order valence-electron chi connectivity index (χ1n) is 6.23.